The topological polar surface area (TPSA) is 71.8 Å². The van der Waals surface area contributed by atoms with Crippen molar-refractivity contribution in [2.45, 2.75) is 24.0 Å². The van der Waals surface area contributed by atoms with Gasteiger partial charge in [-0.2, -0.15) is 4.31 Å². The number of morpholine rings is 1. The number of rotatable bonds is 3. The van der Waals surface area contributed by atoms with Crippen molar-refractivity contribution in [3.63, 3.8) is 0 Å². The zero-order valence-electron chi connectivity index (χ0n) is 10.5. The fraction of sp³-hybridized carbons (Fsp3) is 0.636. The van der Waals surface area contributed by atoms with Crippen LogP contribution in [0.3, 0.4) is 0 Å². The number of aryl methyl sites for hydroxylation is 1. The zero-order chi connectivity index (χ0) is 13.3. The Hall–Kier alpha value is -0.890. The van der Waals surface area contributed by atoms with Gasteiger partial charge in [-0.3, -0.25) is 0 Å². The highest BCUT2D eigenvalue weighted by Gasteiger charge is 2.33. The Morgan fingerprint density at radius 3 is 2.78 bits per heavy atom. The molecular weight excluding hydrogens is 256 g/mol. The van der Waals surface area contributed by atoms with Gasteiger partial charge >= 0.3 is 0 Å². The summed E-state index contributed by atoms with van der Waals surface area (Å²) in [6.45, 7) is 2.13. The largest absolute Gasteiger partial charge is 0.394 e. The first-order valence-electron chi connectivity index (χ1n) is 5.82. The Kier molecular flexibility index (Phi) is 3.76. The van der Waals surface area contributed by atoms with Crippen LogP contribution in [0.2, 0.25) is 0 Å². The van der Waals surface area contributed by atoms with E-state index < -0.39 is 16.1 Å². The van der Waals surface area contributed by atoms with E-state index in [0.29, 0.717) is 6.54 Å². The molecule has 1 aromatic rings. The molecule has 1 N–H and O–H groups in total. The lowest BCUT2D eigenvalue weighted by atomic mass is 10.2. The van der Waals surface area contributed by atoms with Crippen LogP contribution >= 0.6 is 0 Å². The highest BCUT2D eigenvalue weighted by atomic mass is 32.2. The molecule has 2 unspecified atom stereocenters. The van der Waals surface area contributed by atoms with E-state index >= 15 is 0 Å². The average Bonchev–Trinajstić information content (AvgIpc) is 2.75. The van der Waals surface area contributed by atoms with Crippen molar-refractivity contribution < 1.29 is 18.3 Å². The van der Waals surface area contributed by atoms with E-state index in [4.69, 9.17) is 9.84 Å². The highest BCUT2D eigenvalue weighted by Crippen LogP contribution is 2.21. The van der Waals surface area contributed by atoms with Crippen molar-refractivity contribution in [1.29, 1.82) is 0 Å². The van der Waals surface area contributed by atoms with E-state index in [2.05, 4.69) is 0 Å². The van der Waals surface area contributed by atoms with E-state index in [9.17, 15) is 8.42 Å². The molecule has 102 valence electrons. The molecule has 1 fully saturated rings. The van der Waals surface area contributed by atoms with Gasteiger partial charge in [0, 0.05) is 32.5 Å². The van der Waals surface area contributed by atoms with Crippen LogP contribution in [0.4, 0.5) is 0 Å². The molecule has 0 aliphatic carbocycles. The van der Waals surface area contributed by atoms with E-state index in [1.165, 1.54) is 4.31 Å². The molecule has 0 radical (unpaired) electrons. The molecule has 1 saturated heterocycles. The predicted molar refractivity (Wildman–Crippen MR) is 65.6 cm³/mol. The third-order valence-electron chi connectivity index (χ3n) is 2.94. The van der Waals surface area contributed by atoms with Crippen molar-refractivity contribution in [2.75, 3.05) is 19.7 Å². The molecule has 6 nitrogen and oxygen atoms in total. The van der Waals surface area contributed by atoms with Crippen LogP contribution in [0.25, 0.3) is 0 Å². The first-order valence-corrected chi connectivity index (χ1v) is 7.26. The van der Waals surface area contributed by atoms with Gasteiger partial charge in [-0.15, -0.1) is 0 Å². The normalized spacial score (nSPS) is 26.4. The first-order chi connectivity index (χ1) is 8.43. The second kappa shape index (κ2) is 5.00. The van der Waals surface area contributed by atoms with Crippen molar-refractivity contribution in [3.05, 3.63) is 18.5 Å². The molecule has 18 heavy (non-hydrogen) atoms. The molecule has 1 aromatic heterocycles. The summed E-state index contributed by atoms with van der Waals surface area (Å²) in [7, 11) is -1.72. The Balaban J connectivity index is 2.24. The second-order valence-electron chi connectivity index (χ2n) is 4.59. The number of hydrogen-bond donors (Lipinski definition) is 1. The maximum atomic E-state index is 12.4. The fourth-order valence-electron chi connectivity index (χ4n) is 2.08. The number of aromatic nitrogens is 1. The van der Waals surface area contributed by atoms with Gasteiger partial charge in [-0.1, -0.05) is 0 Å². The van der Waals surface area contributed by atoms with Gasteiger partial charge in [0.25, 0.3) is 0 Å². The highest BCUT2D eigenvalue weighted by molar-refractivity contribution is 7.89. The number of aliphatic hydroxyl groups excluding tert-OH is 1. The van der Waals surface area contributed by atoms with Crippen LogP contribution in [0.1, 0.15) is 6.92 Å². The molecule has 1 aliphatic heterocycles. The third kappa shape index (κ3) is 2.59. The maximum Gasteiger partial charge on any atom is 0.244 e. The molecule has 0 aromatic carbocycles. The Labute approximate surface area is 107 Å². The lowest BCUT2D eigenvalue weighted by Gasteiger charge is -2.34. The third-order valence-corrected chi connectivity index (χ3v) is 4.75. The molecular formula is C11H18N2O4S. The van der Waals surface area contributed by atoms with Crippen LogP contribution < -0.4 is 0 Å². The summed E-state index contributed by atoms with van der Waals surface area (Å²) in [4.78, 5) is 0.274. The molecule has 0 bridgehead atoms. The lowest BCUT2D eigenvalue weighted by molar-refractivity contribution is -0.0750. The Morgan fingerprint density at radius 2 is 2.22 bits per heavy atom. The number of sulfonamides is 1. The standard InChI is InChI=1S/C11H18N2O4S/c1-9-5-13(6-10(8-14)17-9)18(15,16)11-3-4-12(2)7-11/h3-4,7,9-10,14H,5-6,8H2,1-2H3. The molecule has 2 rings (SSSR count). The van der Waals surface area contributed by atoms with E-state index in [1.54, 1.807) is 37.0 Å². The van der Waals surface area contributed by atoms with Crippen molar-refractivity contribution in [1.82, 2.24) is 8.87 Å². The number of hydrogen-bond acceptors (Lipinski definition) is 4. The Bertz CT molecular complexity index is 511. The second-order valence-corrected chi connectivity index (χ2v) is 6.52. The van der Waals surface area contributed by atoms with Gasteiger partial charge in [-0.05, 0) is 13.0 Å². The van der Waals surface area contributed by atoms with E-state index in [-0.39, 0.29) is 24.2 Å². The van der Waals surface area contributed by atoms with Crippen molar-refractivity contribution >= 4 is 10.0 Å². The van der Waals surface area contributed by atoms with Gasteiger partial charge in [0.15, 0.2) is 0 Å². The average molecular weight is 274 g/mol. The molecule has 0 amide bonds. The molecule has 2 atom stereocenters. The van der Waals surface area contributed by atoms with E-state index in [0.717, 1.165) is 0 Å². The monoisotopic (exact) mass is 274 g/mol. The summed E-state index contributed by atoms with van der Waals surface area (Å²) in [5, 5.41) is 9.12. The van der Waals surface area contributed by atoms with Crippen molar-refractivity contribution in [3.8, 4) is 0 Å². The zero-order valence-corrected chi connectivity index (χ0v) is 11.3. The van der Waals surface area contributed by atoms with Crippen LogP contribution in [0.15, 0.2) is 23.4 Å². The SMILES string of the molecule is CC1CN(S(=O)(=O)c2ccn(C)c2)CC(CO)O1. The van der Waals surface area contributed by atoms with Gasteiger partial charge < -0.3 is 14.4 Å². The molecule has 0 spiro atoms. The summed E-state index contributed by atoms with van der Waals surface area (Å²) in [5.74, 6) is 0. The van der Waals surface area contributed by atoms with Crippen LogP contribution in [0.5, 0.6) is 0 Å². The lowest BCUT2D eigenvalue weighted by Crippen LogP contribution is -2.50. The van der Waals surface area contributed by atoms with Crippen LogP contribution in [-0.2, 0) is 21.8 Å². The quantitative estimate of drug-likeness (QED) is 0.828. The van der Waals surface area contributed by atoms with Gasteiger partial charge in [-0.25, -0.2) is 8.42 Å². The summed E-state index contributed by atoms with van der Waals surface area (Å²) in [6, 6.07) is 1.57. The number of ether oxygens (including phenoxy) is 1. The molecule has 0 saturated carbocycles. The number of aliphatic hydroxyl groups is 1. The molecule has 2 heterocycles. The van der Waals surface area contributed by atoms with E-state index in [1.807, 2.05) is 0 Å². The van der Waals surface area contributed by atoms with Crippen LogP contribution in [-0.4, -0.2) is 54.3 Å². The summed E-state index contributed by atoms with van der Waals surface area (Å²) >= 11 is 0. The summed E-state index contributed by atoms with van der Waals surface area (Å²) in [6.07, 6.45) is 2.60. The molecule has 1 aliphatic rings. The van der Waals surface area contributed by atoms with Crippen molar-refractivity contribution in [2.24, 2.45) is 7.05 Å². The Morgan fingerprint density at radius 1 is 1.50 bits per heavy atom. The fourth-order valence-corrected chi connectivity index (χ4v) is 3.68. The number of nitrogens with zero attached hydrogens (tertiary/aromatic N) is 2. The summed E-state index contributed by atoms with van der Waals surface area (Å²) < 4.78 is 33.3. The van der Waals surface area contributed by atoms with Gasteiger partial charge in [0.2, 0.25) is 10.0 Å². The minimum absolute atomic E-state index is 0.175. The maximum absolute atomic E-state index is 12.4. The minimum atomic E-state index is -3.50. The van der Waals surface area contributed by atoms with Gasteiger partial charge in [0.05, 0.1) is 23.7 Å². The summed E-state index contributed by atoms with van der Waals surface area (Å²) in [5.41, 5.74) is 0. The molecule has 7 heteroatoms. The minimum Gasteiger partial charge on any atom is -0.394 e. The van der Waals surface area contributed by atoms with Crippen LogP contribution in [0, 0.1) is 0 Å². The smallest absolute Gasteiger partial charge is 0.244 e. The van der Waals surface area contributed by atoms with Gasteiger partial charge in [0.1, 0.15) is 0 Å². The predicted octanol–water partition coefficient (Wildman–Crippen LogP) is -0.205. The first kappa shape index (κ1) is 13.5.